The van der Waals surface area contributed by atoms with Crippen LogP contribution in [0.1, 0.15) is 40.0 Å². The molecule has 1 nitrogen and oxygen atoms in total. The van der Waals surface area contributed by atoms with Crippen molar-refractivity contribution in [1.82, 2.24) is 5.32 Å². The van der Waals surface area contributed by atoms with Gasteiger partial charge in [0.25, 0.3) is 0 Å². The highest BCUT2D eigenvalue weighted by Gasteiger charge is 2.05. The highest BCUT2D eigenvalue weighted by Crippen LogP contribution is 2.08. The van der Waals surface area contributed by atoms with E-state index in [1.165, 1.54) is 12.8 Å². The van der Waals surface area contributed by atoms with E-state index in [0.29, 0.717) is 6.04 Å². The van der Waals surface area contributed by atoms with E-state index < -0.39 is 0 Å². The Bertz CT molecular complexity index is 132. The average molecular weight is 167 g/mol. The molecule has 0 aliphatic carbocycles. The van der Waals surface area contributed by atoms with Gasteiger partial charge in [-0.05, 0) is 25.3 Å². The van der Waals surface area contributed by atoms with Crippen molar-refractivity contribution in [3.8, 4) is 12.3 Å². The van der Waals surface area contributed by atoms with Gasteiger partial charge in [-0.15, -0.1) is 12.3 Å². The van der Waals surface area contributed by atoms with Crippen LogP contribution >= 0.6 is 0 Å². The van der Waals surface area contributed by atoms with Gasteiger partial charge in [0.2, 0.25) is 0 Å². The van der Waals surface area contributed by atoms with Crippen molar-refractivity contribution in [2.24, 2.45) is 5.92 Å². The Balaban J connectivity index is 3.56. The first-order valence-corrected chi connectivity index (χ1v) is 4.87. The lowest BCUT2D eigenvalue weighted by atomic mass is 10.0. The summed E-state index contributed by atoms with van der Waals surface area (Å²) in [5.41, 5.74) is 0. The minimum atomic E-state index is 0.530. The molecule has 1 atom stereocenters. The lowest BCUT2D eigenvalue weighted by molar-refractivity contribution is 0.442. The van der Waals surface area contributed by atoms with Gasteiger partial charge in [0.1, 0.15) is 0 Å². The lowest BCUT2D eigenvalue weighted by Gasteiger charge is -2.15. The van der Waals surface area contributed by atoms with Gasteiger partial charge in [-0.1, -0.05) is 20.8 Å². The second-order valence-corrected chi connectivity index (χ2v) is 3.63. The molecule has 1 heteroatoms. The van der Waals surface area contributed by atoms with Crippen LogP contribution in [0.4, 0.5) is 0 Å². The Labute approximate surface area is 76.9 Å². The Hall–Kier alpha value is -0.480. The van der Waals surface area contributed by atoms with Gasteiger partial charge in [0.15, 0.2) is 0 Å². The Kier molecular flexibility index (Phi) is 6.90. The van der Waals surface area contributed by atoms with E-state index in [1.807, 2.05) is 0 Å². The molecule has 0 aliphatic rings. The monoisotopic (exact) mass is 167 g/mol. The van der Waals surface area contributed by atoms with E-state index in [-0.39, 0.29) is 0 Å². The van der Waals surface area contributed by atoms with Gasteiger partial charge in [-0.25, -0.2) is 0 Å². The molecule has 12 heavy (non-hydrogen) atoms. The molecule has 0 heterocycles. The average Bonchev–Trinajstić information content (AvgIpc) is 2.01. The standard InChI is InChI=1S/C11H21N/c1-5-7-11(12-6-2)9-8-10(3)4/h1,10-12H,6-9H2,2-4H3. The predicted octanol–water partition coefficient (Wildman–Crippen LogP) is 2.42. The highest BCUT2D eigenvalue weighted by molar-refractivity contribution is 4.89. The number of terminal acetylenes is 1. The summed E-state index contributed by atoms with van der Waals surface area (Å²) in [4.78, 5) is 0. The highest BCUT2D eigenvalue weighted by atomic mass is 14.9. The molecule has 0 spiro atoms. The van der Waals surface area contributed by atoms with Crippen LogP contribution < -0.4 is 5.32 Å². The van der Waals surface area contributed by atoms with Gasteiger partial charge in [0.05, 0.1) is 0 Å². The predicted molar refractivity (Wildman–Crippen MR) is 55.0 cm³/mol. The fourth-order valence-corrected chi connectivity index (χ4v) is 1.24. The second kappa shape index (κ2) is 7.18. The maximum atomic E-state index is 5.28. The van der Waals surface area contributed by atoms with Crippen LogP contribution in [0.3, 0.4) is 0 Å². The molecule has 0 aromatic heterocycles. The first-order valence-electron chi connectivity index (χ1n) is 4.87. The van der Waals surface area contributed by atoms with Crippen molar-refractivity contribution < 1.29 is 0 Å². The van der Waals surface area contributed by atoms with Crippen molar-refractivity contribution >= 4 is 0 Å². The van der Waals surface area contributed by atoms with Crippen molar-refractivity contribution in [2.75, 3.05) is 6.54 Å². The van der Waals surface area contributed by atoms with E-state index in [1.54, 1.807) is 0 Å². The number of rotatable bonds is 6. The smallest absolute Gasteiger partial charge is 0.0240 e. The third kappa shape index (κ3) is 6.24. The van der Waals surface area contributed by atoms with Crippen LogP contribution in [0.25, 0.3) is 0 Å². The Morgan fingerprint density at radius 2 is 2.00 bits per heavy atom. The molecule has 0 amide bonds. The molecule has 0 saturated carbocycles. The molecular weight excluding hydrogens is 146 g/mol. The van der Waals surface area contributed by atoms with Crippen LogP contribution in [-0.2, 0) is 0 Å². The van der Waals surface area contributed by atoms with Crippen molar-refractivity contribution in [3.05, 3.63) is 0 Å². The molecule has 1 unspecified atom stereocenters. The van der Waals surface area contributed by atoms with Gasteiger partial charge in [0, 0.05) is 12.5 Å². The molecule has 0 radical (unpaired) electrons. The normalized spacial score (nSPS) is 12.9. The summed E-state index contributed by atoms with van der Waals surface area (Å²) in [6, 6.07) is 0.530. The van der Waals surface area contributed by atoms with Crippen LogP contribution in [-0.4, -0.2) is 12.6 Å². The third-order valence-corrected chi connectivity index (χ3v) is 1.95. The first-order chi connectivity index (χ1) is 5.70. The number of hydrogen-bond acceptors (Lipinski definition) is 1. The zero-order chi connectivity index (χ0) is 9.40. The molecule has 0 saturated heterocycles. The molecule has 0 bridgehead atoms. The maximum absolute atomic E-state index is 5.28. The molecule has 0 aromatic carbocycles. The zero-order valence-electron chi connectivity index (χ0n) is 8.56. The van der Waals surface area contributed by atoms with Gasteiger partial charge >= 0.3 is 0 Å². The third-order valence-electron chi connectivity index (χ3n) is 1.95. The largest absolute Gasteiger partial charge is 0.313 e. The van der Waals surface area contributed by atoms with E-state index in [4.69, 9.17) is 6.42 Å². The minimum absolute atomic E-state index is 0.530. The van der Waals surface area contributed by atoms with Crippen molar-refractivity contribution in [1.29, 1.82) is 0 Å². The second-order valence-electron chi connectivity index (χ2n) is 3.63. The van der Waals surface area contributed by atoms with E-state index in [2.05, 4.69) is 32.0 Å². The van der Waals surface area contributed by atoms with E-state index in [0.717, 1.165) is 18.9 Å². The first kappa shape index (κ1) is 11.5. The summed E-state index contributed by atoms with van der Waals surface area (Å²) in [5.74, 6) is 3.50. The van der Waals surface area contributed by atoms with E-state index >= 15 is 0 Å². The fourth-order valence-electron chi connectivity index (χ4n) is 1.24. The van der Waals surface area contributed by atoms with Crippen molar-refractivity contribution in [2.45, 2.75) is 46.1 Å². The van der Waals surface area contributed by atoms with Crippen LogP contribution in [0.2, 0.25) is 0 Å². The van der Waals surface area contributed by atoms with Gasteiger partial charge in [-0.3, -0.25) is 0 Å². The summed E-state index contributed by atoms with van der Waals surface area (Å²) in [6.45, 7) is 7.64. The molecule has 0 aliphatic heterocycles. The summed E-state index contributed by atoms with van der Waals surface area (Å²) in [5, 5.41) is 3.40. The van der Waals surface area contributed by atoms with Crippen LogP contribution in [0, 0.1) is 18.3 Å². The topological polar surface area (TPSA) is 12.0 Å². The number of hydrogen-bond donors (Lipinski definition) is 1. The van der Waals surface area contributed by atoms with Crippen LogP contribution in [0.5, 0.6) is 0 Å². The summed E-state index contributed by atoms with van der Waals surface area (Å²) in [7, 11) is 0. The lowest BCUT2D eigenvalue weighted by Crippen LogP contribution is -2.28. The molecule has 0 fully saturated rings. The Morgan fingerprint density at radius 1 is 1.33 bits per heavy atom. The SMILES string of the molecule is C#CCC(CCC(C)C)NCC. The summed E-state index contributed by atoms with van der Waals surface area (Å²) < 4.78 is 0. The van der Waals surface area contributed by atoms with Crippen LogP contribution in [0.15, 0.2) is 0 Å². The van der Waals surface area contributed by atoms with Gasteiger partial charge in [-0.2, -0.15) is 0 Å². The zero-order valence-corrected chi connectivity index (χ0v) is 8.56. The molecule has 0 rings (SSSR count). The number of nitrogens with one attached hydrogen (secondary N) is 1. The molecular formula is C11H21N. The van der Waals surface area contributed by atoms with Crippen molar-refractivity contribution in [3.63, 3.8) is 0 Å². The molecule has 0 aromatic rings. The molecule has 70 valence electrons. The quantitative estimate of drug-likeness (QED) is 0.599. The minimum Gasteiger partial charge on any atom is -0.313 e. The summed E-state index contributed by atoms with van der Waals surface area (Å²) >= 11 is 0. The fraction of sp³-hybridized carbons (Fsp3) is 0.818. The maximum Gasteiger partial charge on any atom is 0.0240 e. The summed E-state index contributed by atoms with van der Waals surface area (Å²) in [6.07, 6.45) is 8.61. The Morgan fingerprint density at radius 3 is 2.42 bits per heavy atom. The molecule has 1 N–H and O–H groups in total. The van der Waals surface area contributed by atoms with Gasteiger partial charge < -0.3 is 5.32 Å². The van der Waals surface area contributed by atoms with E-state index in [9.17, 15) is 0 Å².